The van der Waals surface area contributed by atoms with Crippen molar-refractivity contribution in [2.45, 2.75) is 37.6 Å². The SMILES string of the molecule is O=C(NCc1ccc(-c2cccs2)o1)C1(c2ccc(Cl)cc2)CCCC1. The molecule has 1 N–H and O–H groups in total. The molecule has 0 radical (unpaired) electrons. The van der Waals surface area contributed by atoms with Crippen molar-refractivity contribution in [2.75, 3.05) is 0 Å². The molecule has 26 heavy (non-hydrogen) atoms. The molecule has 0 aliphatic heterocycles. The third-order valence-corrected chi connectivity index (χ3v) is 6.27. The number of thiophene rings is 1. The van der Waals surface area contributed by atoms with Crippen LogP contribution >= 0.6 is 22.9 Å². The molecule has 3 nitrogen and oxygen atoms in total. The Kier molecular flexibility index (Phi) is 4.88. The molecule has 2 heterocycles. The van der Waals surface area contributed by atoms with Gasteiger partial charge < -0.3 is 9.73 Å². The van der Waals surface area contributed by atoms with Gasteiger partial charge in [-0.25, -0.2) is 0 Å². The highest BCUT2D eigenvalue weighted by atomic mass is 35.5. The smallest absolute Gasteiger partial charge is 0.231 e. The van der Waals surface area contributed by atoms with Crippen LogP contribution in [0.15, 0.2) is 58.3 Å². The molecule has 0 saturated heterocycles. The van der Waals surface area contributed by atoms with E-state index >= 15 is 0 Å². The van der Waals surface area contributed by atoms with Crippen LogP contribution in [0.1, 0.15) is 37.0 Å². The van der Waals surface area contributed by atoms with Crippen LogP contribution in [-0.4, -0.2) is 5.91 Å². The summed E-state index contributed by atoms with van der Waals surface area (Å²) >= 11 is 7.66. The van der Waals surface area contributed by atoms with Crippen LogP contribution in [0.4, 0.5) is 0 Å². The summed E-state index contributed by atoms with van der Waals surface area (Å²) in [7, 11) is 0. The van der Waals surface area contributed by atoms with Crippen molar-refractivity contribution in [1.29, 1.82) is 0 Å². The van der Waals surface area contributed by atoms with Gasteiger partial charge in [-0.2, -0.15) is 0 Å². The lowest BCUT2D eigenvalue weighted by Gasteiger charge is -2.28. The van der Waals surface area contributed by atoms with Gasteiger partial charge in [0, 0.05) is 5.02 Å². The number of benzene rings is 1. The molecule has 1 fully saturated rings. The molecule has 0 bridgehead atoms. The fourth-order valence-electron chi connectivity index (χ4n) is 3.76. The topological polar surface area (TPSA) is 42.2 Å². The summed E-state index contributed by atoms with van der Waals surface area (Å²) in [6.07, 6.45) is 3.89. The molecule has 0 unspecified atom stereocenters. The summed E-state index contributed by atoms with van der Waals surface area (Å²) in [5.74, 6) is 1.69. The second kappa shape index (κ2) is 7.29. The second-order valence-corrected chi connectivity index (χ2v) is 8.11. The number of halogens is 1. The lowest BCUT2D eigenvalue weighted by molar-refractivity contribution is -0.126. The Balaban J connectivity index is 1.48. The highest BCUT2D eigenvalue weighted by molar-refractivity contribution is 7.13. The van der Waals surface area contributed by atoms with E-state index in [1.165, 1.54) is 0 Å². The van der Waals surface area contributed by atoms with Crippen molar-refractivity contribution < 1.29 is 9.21 Å². The first-order chi connectivity index (χ1) is 12.7. The maximum atomic E-state index is 13.1. The molecule has 0 atom stereocenters. The molecule has 1 aliphatic carbocycles. The third kappa shape index (κ3) is 3.31. The molecular formula is C21H20ClNO2S. The zero-order valence-electron chi connectivity index (χ0n) is 14.3. The standard InChI is InChI=1S/C21H20ClNO2S/c22-16-7-5-15(6-8-16)21(11-1-2-12-21)20(24)23-14-17-9-10-18(25-17)19-4-3-13-26-19/h3-10,13H,1-2,11-12,14H2,(H,23,24). The number of amides is 1. The van der Waals surface area contributed by atoms with Crippen molar-refractivity contribution in [3.05, 3.63) is 70.3 Å². The normalized spacial score (nSPS) is 15.9. The Labute approximate surface area is 162 Å². The number of hydrogen-bond donors (Lipinski definition) is 1. The molecule has 1 aromatic carbocycles. The number of furan rings is 1. The molecule has 2 aromatic heterocycles. The molecule has 3 aromatic rings. The van der Waals surface area contributed by atoms with Crippen LogP contribution in [0.5, 0.6) is 0 Å². The van der Waals surface area contributed by atoms with E-state index in [0.717, 1.165) is 47.6 Å². The fourth-order valence-corrected chi connectivity index (χ4v) is 4.57. The first kappa shape index (κ1) is 17.4. The zero-order valence-corrected chi connectivity index (χ0v) is 15.9. The van der Waals surface area contributed by atoms with Gasteiger partial charge in [-0.3, -0.25) is 4.79 Å². The van der Waals surface area contributed by atoms with E-state index in [1.54, 1.807) is 11.3 Å². The predicted molar refractivity (Wildman–Crippen MR) is 105 cm³/mol. The number of rotatable bonds is 5. The molecule has 134 valence electrons. The van der Waals surface area contributed by atoms with Crippen LogP contribution in [0, 0.1) is 0 Å². The average molecular weight is 386 g/mol. The van der Waals surface area contributed by atoms with E-state index < -0.39 is 5.41 Å². The summed E-state index contributed by atoms with van der Waals surface area (Å²) in [6, 6.07) is 15.6. The Morgan fingerprint density at radius 3 is 2.58 bits per heavy atom. The van der Waals surface area contributed by atoms with Gasteiger partial charge >= 0.3 is 0 Å². The molecule has 1 amide bonds. The van der Waals surface area contributed by atoms with Crippen molar-refractivity contribution >= 4 is 28.8 Å². The quantitative estimate of drug-likeness (QED) is 0.604. The summed E-state index contributed by atoms with van der Waals surface area (Å²) in [5, 5.41) is 5.81. The van der Waals surface area contributed by atoms with Crippen molar-refractivity contribution in [1.82, 2.24) is 5.32 Å². The van der Waals surface area contributed by atoms with Gasteiger partial charge in [0.05, 0.1) is 16.8 Å². The Morgan fingerprint density at radius 1 is 1.12 bits per heavy atom. The minimum Gasteiger partial charge on any atom is -0.458 e. The monoisotopic (exact) mass is 385 g/mol. The molecule has 1 saturated carbocycles. The minimum atomic E-state index is -0.451. The number of carbonyl (C=O) groups excluding carboxylic acids is 1. The van der Waals surface area contributed by atoms with Gasteiger partial charge in [-0.05, 0) is 54.1 Å². The predicted octanol–water partition coefficient (Wildman–Crippen LogP) is 5.79. The van der Waals surface area contributed by atoms with Gasteiger partial charge in [0.15, 0.2) is 0 Å². The molecule has 5 heteroatoms. The maximum absolute atomic E-state index is 13.1. The number of hydrogen-bond acceptors (Lipinski definition) is 3. The highest BCUT2D eigenvalue weighted by Crippen LogP contribution is 2.41. The van der Waals surface area contributed by atoms with Crippen molar-refractivity contribution in [3.63, 3.8) is 0 Å². The van der Waals surface area contributed by atoms with E-state index in [-0.39, 0.29) is 5.91 Å². The highest BCUT2D eigenvalue weighted by Gasteiger charge is 2.42. The zero-order chi connectivity index (χ0) is 18.0. The van der Waals surface area contributed by atoms with Crippen LogP contribution in [0.25, 0.3) is 10.6 Å². The molecule has 1 aliphatic rings. The van der Waals surface area contributed by atoms with Gasteiger partial charge in [0.25, 0.3) is 0 Å². The van der Waals surface area contributed by atoms with Gasteiger partial charge in [0.1, 0.15) is 11.5 Å². The summed E-state index contributed by atoms with van der Waals surface area (Å²) in [4.78, 5) is 14.2. The van der Waals surface area contributed by atoms with E-state index in [0.29, 0.717) is 11.6 Å². The lowest BCUT2D eigenvalue weighted by atomic mass is 9.78. The largest absolute Gasteiger partial charge is 0.458 e. The van der Waals surface area contributed by atoms with Gasteiger partial charge in [-0.15, -0.1) is 11.3 Å². The maximum Gasteiger partial charge on any atom is 0.231 e. The lowest BCUT2D eigenvalue weighted by Crippen LogP contribution is -2.42. The number of carbonyl (C=O) groups is 1. The first-order valence-electron chi connectivity index (χ1n) is 8.84. The molecule has 0 spiro atoms. The first-order valence-corrected chi connectivity index (χ1v) is 10.1. The van der Waals surface area contributed by atoms with Gasteiger partial charge in [0.2, 0.25) is 5.91 Å². The molecule has 4 rings (SSSR count). The minimum absolute atomic E-state index is 0.0754. The Bertz CT molecular complexity index is 877. The average Bonchev–Trinajstić information content (AvgIpc) is 3.41. The van der Waals surface area contributed by atoms with Crippen molar-refractivity contribution in [3.8, 4) is 10.6 Å². The molecular weight excluding hydrogens is 366 g/mol. The third-order valence-electron chi connectivity index (χ3n) is 5.14. The van der Waals surface area contributed by atoms with E-state index in [2.05, 4.69) is 5.32 Å². The van der Waals surface area contributed by atoms with Gasteiger partial charge in [-0.1, -0.05) is 42.6 Å². The fraction of sp³-hybridized carbons (Fsp3) is 0.286. The Morgan fingerprint density at radius 2 is 1.88 bits per heavy atom. The van der Waals surface area contributed by atoms with E-state index in [4.69, 9.17) is 16.0 Å². The summed E-state index contributed by atoms with van der Waals surface area (Å²) in [5.41, 5.74) is 0.601. The Hall–Kier alpha value is -2.04. The van der Waals surface area contributed by atoms with E-state index in [1.807, 2.05) is 53.9 Å². The van der Waals surface area contributed by atoms with E-state index in [9.17, 15) is 4.79 Å². The summed E-state index contributed by atoms with van der Waals surface area (Å²) in [6.45, 7) is 0.402. The number of nitrogens with one attached hydrogen (secondary N) is 1. The van der Waals surface area contributed by atoms with Crippen LogP contribution < -0.4 is 5.32 Å². The van der Waals surface area contributed by atoms with Crippen LogP contribution in [-0.2, 0) is 16.8 Å². The summed E-state index contributed by atoms with van der Waals surface area (Å²) < 4.78 is 5.87. The van der Waals surface area contributed by atoms with Crippen LogP contribution in [0.3, 0.4) is 0 Å². The second-order valence-electron chi connectivity index (χ2n) is 6.72. The van der Waals surface area contributed by atoms with Crippen molar-refractivity contribution in [2.24, 2.45) is 0 Å². The van der Waals surface area contributed by atoms with Crippen LogP contribution in [0.2, 0.25) is 5.02 Å².